The van der Waals surface area contributed by atoms with Crippen molar-refractivity contribution in [2.75, 3.05) is 6.54 Å². The fourth-order valence-electron chi connectivity index (χ4n) is 4.23. The zero-order valence-electron chi connectivity index (χ0n) is 20.5. The van der Waals surface area contributed by atoms with Crippen LogP contribution in [0.1, 0.15) is 30.9 Å². The van der Waals surface area contributed by atoms with Crippen LogP contribution in [0.5, 0.6) is 11.5 Å². The summed E-state index contributed by atoms with van der Waals surface area (Å²) in [6.07, 6.45) is 1.24. The number of nitrogens with zero attached hydrogens (tertiary/aromatic N) is 1. The first-order chi connectivity index (χ1) is 17.5. The fraction of sp³-hybridized carbons (Fsp3) is 0.385. The van der Waals surface area contributed by atoms with Crippen LogP contribution in [0.4, 0.5) is 0 Å². The van der Waals surface area contributed by atoms with Crippen LogP contribution in [0.15, 0.2) is 48.5 Å². The number of hydrogen-bond donors (Lipinski definition) is 6. The number of rotatable bonds is 10. The largest absolute Gasteiger partial charge is 0.508 e. The summed E-state index contributed by atoms with van der Waals surface area (Å²) in [6, 6.07) is 8.35. The van der Waals surface area contributed by atoms with Crippen molar-refractivity contribution in [3.8, 4) is 11.5 Å². The third kappa shape index (κ3) is 7.43. The molecule has 2 aromatic rings. The van der Waals surface area contributed by atoms with E-state index in [1.807, 2.05) is 0 Å². The van der Waals surface area contributed by atoms with Gasteiger partial charge in [0.2, 0.25) is 17.7 Å². The van der Waals surface area contributed by atoms with Gasteiger partial charge in [0.25, 0.3) is 0 Å². The van der Waals surface area contributed by atoms with E-state index in [0.717, 1.165) is 5.56 Å². The van der Waals surface area contributed by atoms with E-state index in [1.54, 1.807) is 24.3 Å². The molecule has 0 saturated carbocycles. The van der Waals surface area contributed by atoms with Gasteiger partial charge in [0, 0.05) is 13.0 Å². The van der Waals surface area contributed by atoms with E-state index < -0.39 is 42.0 Å². The Kier molecular flexibility index (Phi) is 9.07. The Hall–Kier alpha value is -4.12. The molecule has 37 heavy (non-hydrogen) atoms. The molecule has 11 heteroatoms. The first-order valence-corrected chi connectivity index (χ1v) is 12.0. The number of nitrogens with two attached hydrogens (primary N) is 1. The van der Waals surface area contributed by atoms with Crippen LogP contribution in [0, 0.1) is 0 Å². The Labute approximate surface area is 214 Å². The van der Waals surface area contributed by atoms with Crippen molar-refractivity contribution in [1.82, 2.24) is 15.5 Å². The minimum atomic E-state index is -1.24. The second-order valence-corrected chi connectivity index (χ2v) is 9.17. The van der Waals surface area contributed by atoms with Gasteiger partial charge < -0.3 is 36.6 Å². The smallest absolute Gasteiger partial charge is 0.326 e. The first kappa shape index (κ1) is 27.5. The molecule has 4 atom stereocenters. The van der Waals surface area contributed by atoms with E-state index in [4.69, 9.17) is 5.73 Å². The van der Waals surface area contributed by atoms with Gasteiger partial charge in [-0.1, -0.05) is 24.3 Å². The number of phenolic OH excluding ortho intramolecular Hbond substituents is 2. The molecule has 1 fully saturated rings. The van der Waals surface area contributed by atoms with Gasteiger partial charge >= 0.3 is 5.97 Å². The lowest BCUT2D eigenvalue weighted by Gasteiger charge is -2.28. The monoisotopic (exact) mass is 512 g/mol. The third-order valence-corrected chi connectivity index (χ3v) is 6.29. The Balaban J connectivity index is 1.56. The van der Waals surface area contributed by atoms with Crippen LogP contribution in [-0.2, 0) is 32.0 Å². The van der Waals surface area contributed by atoms with Gasteiger partial charge in [-0.25, -0.2) is 4.79 Å². The molecule has 1 saturated heterocycles. The molecule has 0 spiro atoms. The summed E-state index contributed by atoms with van der Waals surface area (Å²) in [6.45, 7) is 1.79. The van der Waals surface area contributed by atoms with Gasteiger partial charge in [-0.05, 0) is 61.6 Å². The topological polar surface area (TPSA) is 182 Å². The van der Waals surface area contributed by atoms with Crippen LogP contribution >= 0.6 is 0 Å². The van der Waals surface area contributed by atoms with E-state index in [-0.39, 0.29) is 30.2 Å². The van der Waals surface area contributed by atoms with Gasteiger partial charge in [-0.3, -0.25) is 14.4 Å². The van der Waals surface area contributed by atoms with Crippen molar-refractivity contribution >= 4 is 23.7 Å². The number of phenols is 2. The molecule has 1 heterocycles. The SMILES string of the molecule is CC(NC(=O)C1CCCN1C(=O)C(N)Cc1ccc(O)cc1)C(=O)NC(Cc1ccc(O)cc1)C(=O)O. The van der Waals surface area contributed by atoms with Crippen LogP contribution in [0.25, 0.3) is 0 Å². The summed E-state index contributed by atoms with van der Waals surface area (Å²) in [4.78, 5) is 51.7. The molecule has 11 nitrogen and oxygen atoms in total. The summed E-state index contributed by atoms with van der Waals surface area (Å²) in [5, 5.41) is 33.3. The molecule has 1 aliphatic rings. The second kappa shape index (κ2) is 12.2. The first-order valence-electron chi connectivity index (χ1n) is 12.0. The highest BCUT2D eigenvalue weighted by atomic mass is 16.4. The number of aliphatic carboxylic acids is 1. The van der Waals surface area contributed by atoms with Crippen molar-refractivity contribution in [2.24, 2.45) is 5.73 Å². The zero-order chi connectivity index (χ0) is 27.1. The standard InChI is InChI=1S/C26H32N4O7/c1-15(23(33)29-21(26(36)37)14-17-6-10-19(32)11-7-17)28-24(34)22-3-2-12-30(22)25(35)20(27)13-16-4-8-18(31)9-5-16/h4-11,15,20-22,31-32H,2-3,12-14,27H2,1H3,(H,28,34)(H,29,33)(H,36,37). The maximum atomic E-state index is 13.0. The predicted octanol–water partition coefficient (Wildman–Crippen LogP) is 0.275. The minimum absolute atomic E-state index is 0.00809. The van der Waals surface area contributed by atoms with E-state index >= 15 is 0 Å². The van der Waals surface area contributed by atoms with E-state index in [0.29, 0.717) is 24.9 Å². The molecular formula is C26H32N4O7. The number of benzene rings is 2. The van der Waals surface area contributed by atoms with Crippen LogP contribution < -0.4 is 16.4 Å². The minimum Gasteiger partial charge on any atom is -0.508 e. The highest BCUT2D eigenvalue weighted by Gasteiger charge is 2.37. The second-order valence-electron chi connectivity index (χ2n) is 9.17. The molecule has 198 valence electrons. The number of aromatic hydroxyl groups is 2. The molecule has 3 rings (SSSR count). The third-order valence-electron chi connectivity index (χ3n) is 6.29. The Morgan fingerprint density at radius 1 is 0.946 bits per heavy atom. The van der Waals surface area contributed by atoms with Gasteiger partial charge in [-0.2, -0.15) is 0 Å². The number of likely N-dealkylation sites (tertiary alicyclic amines) is 1. The van der Waals surface area contributed by atoms with Gasteiger partial charge in [0.1, 0.15) is 29.6 Å². The molecule has 0 aromatic heterocycles. The molecule has 0 aliphatic carbocycles. The zero-order valence-corrected chi connectivity index (χ0v) is 20.5. The van der Waals surface area contributed by atoms with Crippen molar-refractivity contribution in [2.45, 2.75) is 56.8 Å². The average Bonchev–Trinajstić information content (AvgIpc) is 3.35. The van der Waals surface area contributed by atoms with Crippen molar-refractivity contribution in [1.29, 1.82) is 0 Å². The predicted molar refractivity (Wildman–Crippen MR) is 134 cm³/mol. The number of carboxylic acid groups (broad SMARTS) is 1. The lowest BCUT2D eigenvalue weighted by atomic mass is 10.0. The number of carbonyl (C=O) groups excluding carboxylic acids is 3. The maximum absolute atomic E-state index is 13.0. The summed E-state index contributed by atoms with van der Waals surface area (Å²) < 4.78 is 0. The normalized spacial score (nSPS) is 17.5. The van der Waals surface area contributed by atoms with E-state index in [1.165, 1.54) is 36.1 Å². The molecular weight excluding hydrogens is 480 g/mol. The van der Waals surface area contributed by atoms with Crippen LogP contribution in [-0.4, -0.2) is 74.6 Å². The molecule has 0 radical (unpaired) electrons. The Bertz CT molecular complexity index is 1120. The average molecular weight is 513 g/mol. The molecule has 3 amide bonds. The molecule has 7 N–H and O–H groups in total. The lowest BCUT2D eigenvalue weighted by Crippen LogP contribution is -2.56. The van der Waals surface area contributed by atoms with Gasteiger partial charge in [-0.15, -0.1) is 0 Å². The number of carbonyl (C=O) groups is 4. The Morgan fingerprint density at radius 2 is 1.49 bits per heavy atom. The molecule has 1 aliphatic heterocycles. The van der Waals surface area contributed by atoms with E-state index in [9.17, 15) is 34.5 Å². The molecule has 0 bridgehead atoms. The molecule has 4 unspecified atom stereocenters. The highest BCUT2D eigenvalue weighted by molar-refractivity contribution is 5.94. The Morgan fingerprint density at radius 3 is 2.03 bits per heavy atom. The van der Waals surface area contributed by atoms with Crippen molar-refractivity contribution < 1.29 is 34.5 Å². The lowest BCUT2D eigenvalue weighted by molar-refractivity contribution is -0.143. The molecule has 2 aromatic carbocycles. The number of nitrogens with one attached hydrogen (secondary N) is 2. The van der Waals surface area contributed by atoms with Crippen molar-refractivity contribution in [3.63, 3.8) is 0 Å². The summed E-state index contributed by atoms with van der Waals surface area (Å²) in [5.74, 6) is -2.68. The van der Waals surface area contributed by atoms with Crippen LogP contribution in [0.3, 0.4) is 0 Å². The number of carboxylic acids is 1. The number of amides is 3. The van der Waals surface area contributed by atoms with Crippen molar-refractivity contribution in [3.05, 3.63) is 59.7 Å². The number of hydrogen-bond acceptors (Lipinski definition) is 7. The summed E-state index contributed by atoms with van der Waals surface area (Å²) in [7, 11) is 0. The van der Waals surface area contributed by atoms with Gasteiger partial charge in [0.15, 0.2) is 0 Å². The summed E-state index contributed by atoms with van der Waals surface area (Å²) >= 11 is 0. The van der Waals surface area contributed by atoms with E-state index in [2.05, 4.69) is 10.6 Å². The fourth-order valence-corrected chi connectivity index (χ4v) is 4.23. The quantitative estimate of drug-likeness (QED) is 0.262. The van der Waals surface area contributed by atoms with Crippen LogP contribution in [0.2, 0.25) is 0 Å². The maximum Gasteiger partial charge on any atom is 0.326 e. The summed E-state index contributed by atoms with van der Waals surface area (Å²) in [5.41, 5.74) is 7.49. The highest BCUT2D eigenvalue weighted by Crippen LogP contribution is 2.20. The van der Waals surface area contributed by atoms with Gasteiger partial charge in [0.05, 0.1) is 6.04 Å².